The minimum absolute atomic E-state index is 0.0578. The Morgan fingerprint density at radius 3 is 2.67 bits per heavy atom. The molecule has 2 fully saturated rings. The summed E-state index contributed by atoms with van der Waals surface area (Å²) in [6, 6.07) is 5.87. The van der Waals surface area contributed by atoms with Gasteiger partial charge in [0.25, 0.3) is 0 Å². The van der Waals surface area contributed by atoms with Crippen LogP contribution in [0.5, 0.6) is 0 Å². The van der Waals surface area contributed by atoms with Gasteiger partial charge in [0.2, 0.25) is 11.8 Å². The molecule has 1 saturated carbocycles. The van der Waals surface area contributed by atoms with Crippen molar-refractivity contribution in [2.24, 2.45) is 11.8 Å². The molecule has 2 aliphatic rings. The van der Waals surface area contributed by atoms with Crippen molar-refractivity contribution in [3.8, 4) is 0 Å². The molecule has 3 rings (SSSR count). The first-order chi connectivity index (χ1) is 12.9. The van der Waals surface area contributed by atoms with E-state index >= 15 is 0 Å². The van der Waals surface area contributed by atoms with Crippen LogP contribution in [0.4, 0.5) is 4.39 Å². The minimum atomic E-state index is -0.393. The summed E-state index contributed by atoms with van der Waals surface area (Å²) in [5.74, 6) is 0.247. The summed E-state index contributed by atoms with van der Waals surface area (Å²) >= 11 is 0. The van der Waals surface area contributed by atoms with Crippen LogP contribution >= 0.6 is 0 Å². The van der Waals surface area contributed by atoms with E-state index in [1.165, 1.54) is 12.1 Å². The van der Waals surface area contributed by atoms with Crippen molar-refractivity contribution in [3.63, 3.8) is 0 Å². The zero-order valence-corrected chi connectivity index (χ0v) is 16.3. The van der Waals surface area contributed by atoms with Gasteiger partial charge in [-0.3, -0.25) is 9.59 Å². The van der Waals surface area contributed by atoms with Gasteiger partial charge in [0.05, 0.1) is 6.04 Å². The molecular weight excluding hydrogens is 343 g/mol. The molecule has 5 heteroatoms. The molecule has 1 aromatic rings. The summed E-state index contributed by atoms with van der Waals surface area (Å²) in [6.07, 6.45) is 6.20. The lowest BCUT2D eigenvalue weighted by molar-refractivity contribution is -0.145. The van der Waals surface area contributed by atoms with Gasteiger partial charge in [-0.2, -0.15) is 0 Å². The van der Waals surface area contributed by atoms with Gasteiger partial charge in [0.1, 0.15) is 11.9 Å². The number of halogens is 1. The molecule has 4 atom stereocenters. The highest BCUT2D eigenvalue weighted by Crippen LogP contribution is 2.49. The van der Waals surface area contributed by atoms with Gasteiger partial charge in [-0.25, -0.2) is 4.39 Å². The van der Waals surface area contributed by atoms with E-state index in [1.54, 1.807) is 17.0 Å². The molecule has 27 heavy (non-hydrogen) atoms. The lowest BCUT2D eigenvalue weighted by Crippen LogP contribution is -2.61. The monoisotopic (exact) mass is 372 g/mol. The Kier molecular flexibility index (Phi) is 5.98. The fourth-order valence-corrected chi connectivity index (χ4v) is 3.93. The fourth-order valence-electron chi connectivity index (χ4n) is 3.93. The largest absolute Gasteiger partial charge is 0.346 e. The number of benzene rings is 1. The van der Waals surface area contributed by atoms with E-state index in [4.69, 9.17) is 0 Å². The van der Waals surface area contributed by atoms with Crippen molar-refractivity contribution in [2.45, 2.75) is 58.0 Å². The van der Waals surface area contributed by atoms with Crippen molar-refractivity contribution in [1.82, 2.24) is 10.2 Å². The second-order valence-electron chi connectivity index (χ2n) is 8.12. The maximum Gasteiger partial charge on any atom is 0.243 e. The molecule has 1 saturated heterocycles. The third-order valence-electron chi connectivity index (χ3n) is 5.53. The van der Waals surface area contributed by atoms with Crippen LogP contribution in [0.2, 0.25) is 0 Å². The molecular formula is C22H29FN2O2. The van der Waals surface area contributed by atoms with Gasteiger partial charge in [-0.1, -0.05) is 38.1 Å². The maximum atomic E-state index is 13.2. The molecule has 0 radical (unpaired) electrons. The summed E-state index contributed by atoms with van der Waals surface area (Å²) < 4.78 is 13.2. The summed E-state index contributed by atoms with van der Waals surface area (Å²) in [6.45, 7) is 6.68. The highest BCUT2D eigenvalue weighted by Gasteiger charge is 2.49. The zero-order valence-electron chi connectivity index (χ0n) is 16.3. The molecule has 1 aromatic carbocycles. The smallest absolute Gasteiger partial charge is 0.243 e. The van der Waals surface area contributed by atoms with Gasteiger partial charge < -0.3 is 10.2 Å². The Morgan fingerprint density at radius 2 is 2.04 bits per heavy atom. The number of nitrogens with one attached hydrogen (secondary N) is 1. The number of rotatable bonds is 6. The third-order valence-corrected chi connectivity index (χ3v) is 5.53. The minimum Gasteiger partial charge on any atom is -0.346 e. The fraction of sp³-hybridized carbons (Fsp3) is 0.545. The number of hydrogen-bond acceptors (Lipinski definition) is 2. The van der Waals surface area contributed by atoms with E-state index in [1.807, 2.05) is 19.1 Å². The van der Waals surface area contributed by atoms with Gasteiger partial charge >= 0.3 is 0 Å². The molecule has 4 nitrogen and oxygen atoms in total. The summed E-state index contributed by atoms with van der Waals surface area (Å²) in [5.41, 5.74) is 1.000. The van der Waals surface area contributed by atoms with Gasteiger partial charge in [0, 0.05) is 12.5 Å². The van der Waals surface area contributed by atoms with Crippen molar-refractivity contribution in [1.29, 1.82) is 0 Å². The normalized spacial score (nSPS) is 27.9. The molecule has 1 aliphatic carbocycles. The summed E-state index contributed by atoms with van der Waals surface area (Å²) in [4.78, 5) is 27.7. The van der Waals surface area contributed by atoms with Crippen LogP contribution in [0.15, 0.2) is 36.4 Å². The highest BCUT2D eigenvalue weighted by molar-refractivity contribution is 5.91. The molecule has 1 aliphatic heterocycles. The molecule has 1 heterocycles. The van der Waals surface area contributed by atoms with E-state index in [2.05, 4.69) is 19.2 Å². The number of nitrogens with zero attached hydrogens (tertiary/aromatic N) is 1. The Morgan fingerprint density at radius 1 is 1.33 bits per heavy atom. The highest BCUT2D eigenvalue weighted by atomic mass is 19.1. The molecule has 1 N–H and O–H groups in total. The average Bonchev–Trinajstić information content (AvgIpc) is 3.41. The van der Waals surface area contributed by atoms with Gasteiger partial charge in [0.15, 0.2) is 0 Å². The van der Waals surface area contributed by atoms with E-state index in [9.17, 15) is 14.0 Å². The zero-order chi connectivity index (χ0) is 19.6. The van der Waals surface area contributed by atoms with Crippen LogP contribution < -0.4 is 5.32 Å². The van der Waals surface area contributed by atoms with Crippen LogP contribution in [0.1, 0.15) is 51.5 Å². The molecule has 0 spiro atoms. The molecule has 146 valence electrons. The first-order valence-corrected chi connectivity index (χ1v) is 9.89. The van der Waals surface area contributed by atoms with E-state index in [0.29, 0.717) is 18.9 Å². The predicted molar refractivity (Wildman–Crippen MR) is 104 cm³/mol. The second-order valence-corrected chi connectivity index (χ2v) is 8.12. The Hall–Kier alpha value is -2.17. The first kappa shape index (κ1) is 19.6. The third kappa shape index (κ3) is 4.57. The number of piperazine rings is 1. The number of carbonyl (C=O) groups is 2. The Labute approximate surface area is 160 Å². The summed E-state index contributed by atoms with van der Waals surface area (Å²) in [5, 5.41) is 3.02. The molecule has 4 unspecified atom stereocenters. The average molecular weight is 372 g/mol. The lowest BCUT2D eigenvalue weighted by Gasteiger charge is -2.39. The summed E-state index contributed by atoms with van der Waals surface area (Å²) in [7, 11) is 0. The lowest BCUT2D eigenvalue weighted by atomic mass is 9.97. The topological polar surface area (TPSA) is 49.4 Å². The van der Waals surface area contributed by atoms with Crippen molar-refractivity contribution >= 4 is 11.8 Å². The maximum absolute atomic E-state index is 13.2. The number of hydrogen-bond donors (Lipinski definition) is 1. The first-order valence-electron chi connectivity index (χ1n) is 9.89. The quantitative estimate of drug-likeness (QED) is 0.775. The van der Waals surface area contributed by atoms with E-state index in [0.717, 1.165) is 18.4 Å². The van der Waals surface area contributed by atoms with Crippen LogP contribution in [0.3, 0.4) is 0 Å². The standard InChI is InChI=1S/C22H29FN2O2/c1-4-5-17-13-25(20(21(26)24-17)11-6-14(2)3)22(27)19-12-18(19)15-7-9-16(23)10-8-15/h4-5,7-10,14,17-20H,6,11-13H2,1-3H3,(H,24,26). The van der Waals surface area contributed by atoms with Crippen LogP contribution in [0.25, 0.3) is 0 Å². The molecule has 2 amide bonds. The number of carbonyl (C=O) groups excluding carboxylic acids is 2. The van der Waals surface area contributed by atoms with Crippen LogP contribution in [-0.2, 0) is 9.59 Å². The van der Waals surface area contributed by atoms with E-state index in [-0.39, 0.29) is 35.5 Å². The van der Waals surface area contributed by atoms with Crippen molar-refractivity contribution < 1.29 is 14.0 Å². The van der Waals surface area contributed by atoms with E-state index < -0.39 is 6.04 Å². The Bertz CT molecular complexity index is 714. The van der Waals surface area contributed by atoms with Crippen LogP contribution in [-0.4, -0.2) is 35.3 Å². The van der Waals surface area contributed by atoms with Crippen LogP contribution in [0, 0.1) is 17.7 Å². The number of allylic oxidation sites excluding steroid dienone is 1. The molecule has 0 aromatic heterocycles. The second kappa shape index (κ2) is 8.24. The van der Waals surface area contributed by atoms with Crippen molar-refractivity contribution in [2.75, 3.05) is 6.54 Å². The number of amides is 2. The van der Waals surface area contributed by atoms with Crippen molar-refractivity contribution in [3.05, 3.63) is 47.8 Å². The van der Waals surface area contributed by atoms with Gasteiger partial charge in [-0.05, 0) is 55.7 Å². The Balaban J connectivity index is 1.73. The SMILES string of the molecule is CC=CC1CN(C(=O)C2CC2c2ccc(F)cc2)C(CCC(C)C)C(=O)N1. The molecule has 0 bridgehead atoms. The van der Waals surface area contributed by atoms with Gasteiger partial charge in [-0.15, -0.1) is 0 Å². The predicted octanol–water partition coefficient (Wildman–Crippen LogP) is 3.64.